The van der Waals surface area contributed by atoms with E-state index in [0.717, 1.165) is 49.5 Å². The number of benzene rings is 2. The summed E-state index contributed by atoms with van der Waals surface area (Å²) in [6, 6.07) is 13.3. The Balaban J connectivity index is 1.30. The van der Waals surface area contributed by atoms with Crippen molar-refractivity contribution in [3.05, 3.63) is 53.1 Å². The molecular weight excluding hydrogens is 446 g/mol. The highest BCUT2D eigenvalue weighted by atomic mass is 35.5. The van der Waals surface area contributed by atoms with Gasteiger partial charge in [0, 0.05) is 48.1 Å². The number of rotatable bonds is 7. The molecule has 0 bridgehead atoms. The van der Waals surface area contributed by atoms with Crippen molar-refractivity contribution >= 4 is 40.6 Å². The van der Waals surface area contributed by atoms with Gasteiger partial charge in [-0.05, 0) is 61.5 Å². The molecule has 1 aliphatic rings. The lowest BCUT2D eigenvalue weighted by atomic mass is 10.1. The highest BCUT2D eigenvalue weighted by Crippen LogP contribution is 2.26. The zero-order valence-corrected chi connectivity index (χ0v) is 19.7. The van der Waals surface area contributed by atoms with Crippen LogP contribution < -0.4 is 10.2 Å². The van der Waals surface area contributed by atoms with Crippen LogP contribution in [0.4, 0.5) is 11.4 Å². The average Bonchev–Trinajstić information content (AvgIpc) is 3.29. The molecule has 0 aliphatic carbocycles. The molecule has 0 radical (unpaired) electrons. The molecular formula is C23H26ClN5O2S. The van der Waals surface area contributed by atoms with Crippen molar-refractivity contribution in [1.29, 1.82) is 0 Å². The van der Waals surface area contributed by atoms with E-state index in [2.05, 4.69) is 44.4 Å². The minimum absolute atomic E-state index is 0.117. The lowest BCUT2D eigenvalue weighted by Crippen LogP contribution is -2.46. The predicted octanol–water partition coefficient (Wildman–Crippen LogP) is 4.57. The molecule has 0 spiro atoms. The molecule has 2 heterocycles. The Bertz CT molecular complexity index is 1060. The fraction of sp³-hybridized carbons (Fsp3) is 0.348. The van der Waals surface area contributed by atoms with Crippen molar-refractivity contribution in [2.24, 2.45) is 0 Å². The maximum absolute atomic E-state index is 12.5. The van der Waals surface area contributed by atoms with Crippen LogP contribution >= 0.6 is 23.4 Å². The lowest BCUT2D eigenvalue weighted by molar-refractivity contribution is -0.113. The second-order valence-corrected chi connectivity index (χ2v) is 9.00. The van der Waals surface area contributed by atoms with Gasteiger partial charge in [0.05, 0.1) is 5.75 Å². The van der Waals surface area contributed by atoms with Crippen LogP contribution in [0, 0.1) is 6.92 Å². The van der Waals surface area contributed by atoms with Crippen LogP contribution in [-0.2, 0) is 4.79 Å². The quantitative estimate of drug-likeness (QED) is 0.506. The summed E-state index contributed by atoms with van der Waals surface area (Å²) < 4.78 is 5.64. The monoisotopic (exact) mass is 471 g/mol. The smallest absolute Gasteiger partial charge is 0.277 e. The van der Waals surface area contributed by atoms with Crippen molar-refractivity contribution in [2.45, 2.75) is 19.1 Å². The fourth-order valence-corrected chi connectivity index (χ4v) is 4.29. The normalized spacial score (nSPS) is 14.5. The zero-order valence-electron chi connectivity index (χ0n) is 18.2. The van der Waals surface area contributed by atoms with Gasteiger partial charge in [-0.2, -0.15) is 0 Å². The number of thioether (sulfide) groups is 1. The Kier molecular flexibility index (Phi) is 7.34. The summed E-state index contributed by atoms with van der Waals surface area (Å²) in [5.41, 5.74) is 3.84. The van der Waals surface area contributed by atoms with Crippen LogP contribution in [0.3, 0.4) is 0 Å². The van der Waals surface area contributed by atoms with Crippen LogP contribution in [0.1, 0.15) is 12.5 Å². The summed E-state index contributed by atoms with van der Waals surface area (Å²) in [6.07, 6.45) is 0. The molecule has 1 fully saturated rings. The van der Waals surface area contributed by atoms with Gasteiger partial charge in [-0.15, -0.1) is 10.2 Å². The predicted molar refractivity (Wildman–Crippen MR) is 130 cm³/mol. The van der Waals surface area contributed by atoms with E-state index in [4.69, 9.17) is 16.0 Å². The van der Waals surface area contributed by atoms with Crippen molar-refractivity contribution < 1.29 is 9.21 Å². The van der Waals surface area contributed by atoms with E-state index in [1.165, 1.54) is 17.4 Å². The molecule has 4 rings (SSSR count). The summed E-state index contributed by atoms with van der Waals surface area (Å²) >= 11 is 7.12. The molecule has 9 heteroatoms. The largest absolute Gasteiger partial charge is 0.411 e. The topological polar surface area (TPSA) is 74.5 Å². The van der Waals surface area contributed by atoms with Gasteiger partial charge in [0.2, 0.25) is 11.8 Å². The highest BCUT2D eigenvalue weighted by Gasteiger charge is 2.17. The van der Waals surface area contributed by atoms with Crippen LogP contribution in [0.5, 0.6) is 0 Å². The Labute approximate surface area is 197 Å². The van der Waals surface area contributed by atoms with Gasteiger partial charge in [-0.1, -0.05) is 30.3 Å². The maximum atomic E-state index is 12.5. The minimum Gasteiger partial charge on any atom is -0.411 e. The fourth-order valence-electron chi connectivity index (χ4n) is 3.60. The maximum Gasteiger partial charge on any atom is 0.277 e. The number of aromatic nitrogens is 2. The molecule has 3 aromatic rings. The summed E-state index contributed by atoms with van der Waals surface area (Å²) in [6.45, 7) is 9.54. The van der Waals surface area contributed by atoms with Gasteiger partial charge in [0.15, 0.2) is 0 Å². The van der Waals surface area contributed by atoms with Crippen molar-refractivity contribution in [1.82, 2.24) is 15.1 Å². The molecule has 32 heavy (non-hydrogen) atoms. The number of nitrogens with zero attached hydrogens (tertiary/aromatic N) is 4. The van der Waals surface area contributed by atoms with E-state index in [-0.39, 0.29) is 11.7 Å². The number of likely N-dealkylation sites (N-methyl/N-ethyl adjacent to an activating group) is 1. The van der Waals surface area contributed by atoms with Crippen molar-refractivity contribution in [3.8, 4) is 11.5 Å². The molecule has 1 saturated heterocycles. The van der Waals surface area contributed by atoms with Gasteiger partial charge in [-0.3, -0.25) is 4.79 Å². The lowest BCUT2D eigenvalue weighted by Gasteiger charge is -2.35. The molecule has 7 nitrogen and oxygen atoms in total. The number of halogens is 1. The summed E-state index contributed by atoms with van der Waals surface area (Å²) in [7, 11) is 0. The Morgan fingerprint density at radius 1 is 1.12 bits per heavy atom. The third-order valence-electron chi connectivity index (χ3n) is 5.49. The van der Waals surface area contributed by atoms with Crippen LogP contribution in [0.2, 0.25) is 5.02 Å². The zero-order chi connectivity index (χ0) is 22.5. The van der Waals surface area contributed by atoms with Crippen LogP contribution in [0.25, 0.3) is 11.5 Å². The second-order valence-electron chi connectivity index (χ2n) is 7.64. The van der Waals surface area contributed by atoms with Crippen molar-refractivity contribution in [2.75, 3.05) is 48.7 Å². The minimum atomic E-state index is -0.117. The molecule has 1 aliphatic heterocycles. The number of nitrogens with one attached hydrogen (secondary N) is 1. The highest BCUT2D eigenvalue weighted by molar-refractivity contribution is 7.99. The van der Waals surface area contributed by atoms with Gasteiger partial charge >= 0.3 is 0 Å². The number of carbonyl (C=O) groups is 1. The van der Waals surface area contributed by atoms with E-state index < -0.39 is 0 Å². The van der Waals surface area contributed by atoms with Crippen LogP contribution in [-0.4, -0.2) is 59.5 Å². The van der Waals surface area contributed by atoms with Gasteiger partial charge in [0.1, 0.15) is 0 Å². The molecule has 2 aromatic carbocycles. The van der Waals surface area contributed by atoms with Gasteiger partial charge < -0.3 is 19.5 Å². The first-order chi connectivity index (χ1) is 15.5. The van der Waals surface area contributed by atoms with Gasteiger partial charge in [-0.25, -0.2) is 0 Å². The van der Waals surface area contributed by atoms with Gasteiger partial charge in [0.25, 0.3) is 5.22 Å². The molecule has 0 saturated carbocycles. The first-order valence-electron chi connectivity index (χ1n) is 10.6. The van der Waals surface area contributed by atoms with E-state index in [1.807, 2.05) is 25.1 Å². The average molecular weight is 472 g/mol. The van der Waals surface area contributed by atoms with E-state index in [1.54, 1.807) is 12.1 Å². The molecule has 0 atom stereocenters. The number of hydrogen-bond acceptors (Lipinski definition) is 7. The van der Waals surface area contributed by atoms with E-state index in [9.17, 15) is 4.79 Å². The van der Waals surface area contributed by atoms with Crippen LogP contribution in [0.15, 0.2) is 52.1 Å². The molecule has 1 amide bonds. The Hall–Kier alpha value is -2.55. The molecule has 0 unspecified atom stereocenters. The SMILES string of the molecule is CCN1CCN(c2ccc(NC(=O)CSc3nnc(-c4ccc(Cl)cc4)o3)c(C)c2)CC1. The molecule has 1 N–H and O–H groups in total. The Morgan fingerprint density at radius 2 is 1.88 bits per heavy atom. The molecule has 1 aromatic heterocycles. The Morgan fingerprint density at radius 3 is 2.56 bits per heavy atom. The number of anilines is 2. The first-order valence-corrected chi connectivity index (χ1v) is 12.0. The van der Waals surface area contributed by atoms with E-state index in [0.29, 0.717) is 16.1 Å². The first kappa shape index (κ1) is 22.6. The summed E-state index contributed by atoms with van der Waals surface area (Å²) in [5, 5.41) is 12.0. The van der Waals surface area contributed by atoms with Crippen molar-refractivity contribution in [3.63, 3.8) is 0 Å². The third kappa shape index (κ3) is 5.62. The number of hydrogen-bond donors (Lipinski definition) is 1. The third-order valence-corrected chi connectivity index (χ3v) is 6.56. The summed E-state index contributed by atoms with van der Waals surface area (Å²) in [4.78, 5) is 17.3. The number of amides is 1. The number of piperazine rings is 1. The summed E-state index contributed by atoms with van der Waals surface area (Å²) in [5.74, 6) is 0.465. The second kappa shape index (κ2) is 10.4. The van der Waals surface area contributed by atoms with E-state index >= 15 is 0 Å². The molecule has 168 valence electrons. The standard InChI is InChI=1S/C23H26ClN5O2S/c1-3-28-10-12-29(13-11-28)19-8-9-20(16(2)14-19)25-21(30)15-32-23-27-26-22(31-23)17-4-6-18(24)7-5-17/h4-9,14H,3,10-13,15H2,1-2H3,(H,25,30). The number of carbonyl (C=O) groups excluding carboxylic acids is 1. The number of aryl methyl sites for hydroxylation is 1.